The molecule has 88 heavy (non-hydrogen) atoms. The zero-order valence-corrected chi connectivity index (χ0v) is 58.6. The van der Waals surface area contributed by atoms with Gasteiger partial charge in [0.25, 0.3) is 0 Å². The van der Waals surface area contributed by atoms with Crippen molar-refractivity contribution in [2.75, 3.05) is 39.6 Å². The van der Waals surface area contributed by atoms with E-state index in [4.69, 9.17) is 37.0 Å². The number of esters is 4. The highest BCUT2D eigenvalue weighted by Crippen LogP contribution is 2.45. The highest BCUT2D eigenvalue weighted by Gasteiger charge is 2.30. The van der Waals surface area contributed by atoms with Crippen molar-refractivity contribution in [2.24, 2.45) is 5.92 Å². The second-order valence-electron chi connectivity index (χ2n) is 25.4. The Morgan fingerprint density at radius 1 is 0.307 bits per heavy atom. The summed E-state index contributed by atoms with van der Waals surface area (Å²) in [6.45, 7) is 7.15. The zero-order chi connectivity index (χ0) is 64.9. The number of carbonyl (C=O) groups is 4. The first kappa shape index (κ1) is 86.1. The maximum Gasteiger partial charge on any atom is 0.472 e. The number of ether oxygens (including phenoxy) is 4. The Labute approximate surface area is 537 Å². The summed E-state index contributed by atoms with van der Waals surface area (Å²) >= 11 is 0. The molecule has 19 heteroatoms. The number of unbranched alkanes of at least 4 members (excludes halogenated alkanes) is 41. The van der Waals surface area contributed by atoms with Gasteiger partial charge in [0.1, 0.15) is 19.3 Å². The van der Waals surface area contributed by atoms with Crippen LogP contribution in [0.5, 0.6) is 0 Å². The standard InChI is InChI=1S/C69H134O17P2/c1-6-9-12-15-18-21-23-25-26-27-28-29-30-32-34-39-44-49-54-68(73)85-64(59-80-67(72)53-48-43-38-33-31-24-22-19-16-13-10-7-2)60-83-87(75,76)81-56-63(70)57-82-88(77,78)84-61-65(58-79-66(71)52-47-42-37-20-17-14-11-8-3)86-69(74)55-50-45-40-35-36-41-46-51-62(4)5/h62-65,70H,6-61H2,1-5H3,(H,75,76)(H,77,78)/t63-,64-,65-/m1/s1. The van der Waals surface area contributed by atoms with Gasteiger partial charge in [-0.1, -0.05) is 304 Å². The average Bonchev–Trinajstić information content (AvgIpc) is 3.48. The molecule has 3 N–H and O–H groups in total. The normalized spacial score (nSPS) is 14.1. The van der Waals surface area contributed by atoms with Crippen molar-refractivity contribution in [3.63, 3.8) is 0 Å². The molecular weight excluding hydrogens is 1160 g/mol. The third-order valence-electron chi connectivity index (χ3n) is 16.0. The Kier molecular flexibility index (Phi) is 61.1. The van der Waals surface area contributed by atoms with Crippen LogP contribution in [0.3, 0.4) is 0 Å². The Hall–Kier alpha value is -1.94. The van der Waals surface area contributed by atoms with Gasteiger partial charge < -0.3 is 33.8 Å². The predicted octanol–water partition coefficient (Wildman–Crippen LogP) is 19.7. The van der Waals surface area contributed by atoms with Gasteiger partial charge in [0.15, 0.2) is 12.2 Å². The number of hydrogen-bond acceptors (Lipinski definition) is 15. The molecule has 5 atom stereocenters. The molecule has 0 aliphatic heterocycles. The largest absolute Gasteiger partial charge is 0.472 e. The van der Waals surface area contributed by atoms with E-state index in [9.17, 15) is 43.2 Å². The molecule has 0 amide bonds. The molecule has 0 saturated carbocycles. The molecule has 2 unspecified atom stereocenters. The van der Waals surface area contributed by atoms with Gasteiger partial charge in [0.2, 0.25) is 0 Å². The van der Waals surface area contributed by atoms with Crippen LogP contribution < -0.4 is 0 Å². The van der Waals surface area contributed by atoms with Crippen LogP contribution in [-0.4, -0.2) is 96.7 Å². The van der Waals surface area contributed by atoms with Crippen LogP contribution in [0.15, 0.2) is 0 Å². The molecule has 0 aromatic carbocycles. The van der Waals surface area contributed by atoms with Crippen LogP contribution >= 0.6 is 15.6 Å². The fourth-order valence-corrected chi connectivity index (χ4v) is 12.0. The quantitative estimate of drug-likeness (QED) is 0.0222. The molecular formula is C69H134O17P2. The van der Waals surface area contributed by atoms with Crippen LogP contribution in [0, 0.1) is 5.92 Å². The average molecular weight is 1300 g/mol. The molecule has 17 nitrogen and oxygen atoms in total. The van der Waals surface area contributed by atoms with Crippen molar-refractivity contribution in [1.82, 2.24) is 0 Å². The van der Waals surface area contributed by atoms with E-state index in [0.29, 0.717) is 31.6 Å². The van der Waals surface area contributed by atoms with Crippen molar-refractivity contribution in [3.8, 4) is 0 Å². The Balaban J connectivity index is 5.19. The Bertz CT molecular complexity index is 1700. The van der Waals surface area contributed by atoms with Gasteiger partial charge in [0.05, 0.1) is 26.4 Å². The molecule has 0 saturated heterocycles. The van der Waals surface area contributed by atoms with Crippen molar-refractivity contribution >= 4 is 39.5 Å². The lowest BCUT2D eigenvalue weighted by atomic mass is 10.0. The smallest absolute Gasteiger partial charge is 0.462 e. The summed E-state index contributed by atoms with van der Waals surface area (Å²) in [6, 6.07) is 0. The molecule has 0 heterocycles. The number of aliphatic hydroxyl groups is 1. The van der Waals surface area contributed by atoms with Gasteiger partial charge in [-0.25, -0.2) is 9.13 Å². The first-order valence-corrected chi connectivity index (χ1v) is 39.1. The molecule has 0 aliphatic carbocycles. The van der Waals surface area contributed by atoms with Crippen LogP contribution in [0.2, 0.25) is 0 Å². The van der Waals surface area contributed by atoms with E-state index in [1.165, 1.54) is 173 Å². The monoisotopic (exact) mass is 1300 g/mol. The summed E-state index contributed by atoms with van der Waals surface area (Å²) in [5.41, 5.74) is 0. The van der Waals surface area contributed by atoms with Crippen molar-refractivity contribution in [1.29, 1.82) is 0 Å². The molecule has 0 rings (SSSR count). The fraction of sp³-hybridized carbons (Fsp3) is 0.942. The number of carbonyl (C=O) groups excluding carboxylic acids is 4. The molecule has 0 aromatic heterocycles. The number of rotatable bonds is 69. The topological polar surface area (TPSA) is 237 Å². The van der Waals surface area contributed by atoms with E-state index in [1.807, 2.05) is 0 Å². The van der Waals surface area contributed by atoms with Gasteiger partial charge in [-0.05, 0) is 31.6 Å². The van der Waals surface area contributed by atoms with Crippen LogP contribution in [0.4, 0.5) is 0 Å². The van der Waals surface area contributed by atoms with Gasteiger partial charge in [-0.3, -0.25) is 37.3 Å². The summed E-state index contributed by atoms with van der Waals surface area (Å²) in [6.07, 6.45) is 48.7. The SMILES string of the molecule is CCCCCCCCCCCCCCCCCCCCC(=O)O[C@H](COC(=O)CCCCCCCCCCCCCC)COP(=O)(O)OC[C@@H](O)COP(=O)(O)OC[C@@H](COC(=O)CCCCCCCCCC)OC(=O)CCCCCCCCCC(C)C. The minimum absolute atomic E-state index is 0.104. The van der Waals surface area contributed by atoms with Gasteiger partial charge >= 0.3 is 39.5 Å². The second-order valence-corrected chi connectivity index (χ2v) is 28.3. The summed E-state index contributed by atoms with van der Waals surface area (Å²) in [5.74, 6) is -1.43. The zero-order valence-electron chi connectivity index (χ0n) is 56.9. The minimum Gasteiger partial charge on any atom is -0.462 e. The maximum absolute atomic E-state index is 13.0. The summed E-state index contributed by atoms with van der Waals surface area (Å²) in [4.78, 5) is 72.4. The lowest BCUT2D eigenvalue weighted by Gasteiger charge is -2.21. The summed E-state index contributed by atoms with van der Waals surface area (Å²) in [7, 11) is -9.89. The fourth-order valence-electron chi connectivity index (χ4n) is 10.5. The predicted molar refractivity (Wildman–Crippen MR) is 354 cm³/mol. The van der Waals surface area contributed by atoms with Gasteiger partial charge in [-0.2, -0.15) is 0 Å². The third kappa shape index (κ3) is 62.8. The van der Waals surface area contributed by atoms with E-state index in [-0.39, 0.29) is 25.7 Å². The van der Waals surface area contributed by atoms with Crippen molar-refractivity contribution < 1.29 is 80.2 Å². The highest BCUT2D eigenvalue weighted by molar-refractivity contribution is 7.47. The molecule has 0 aromatic rings. The number of phosphoric ester groups is 2. The lowest BCUT2D eigenvalue weighted by molar-refractivity contribution is -0.161. The second kappa shape index (κ2) is 62.5. The molecule has 0 bridgehead atoms. The molecule has 522 valence electrons. The summed E-state index contributed by atoms with van der Waals surface area (Å²) < 4.78 is 68.1. The molecule has 0 spiro atoms. The number of phosphoric acid groups is 2. The Morgan fingerprint density at radius 3 is 0.773 bits per heavy atom. The lowest BCUT2D eigenvalue weighted by Crippen LogP contribution is -2.30. The van der Waals surface area contributed by atoms with E-state index in [1.54, 1.807) is 0 Å². The van der Waals surface area contributed by atoms with Crippen LogP contribution in [-0.2, 0) is 65.4 Å². The first-order valence-electron chi connectivity index (χ1n) is 36.1. The van der Waals surface area contributed by atoms with E-state index >= 15 is 0 Å². The molecule has 0 radical (unpaired) electrons. The van der Waals surface area contributed by atoms with E-state index in [0.717, 1.165) is 96.3 Å². The Morgan fingerprint density at radius 2 is 0.523 bits per heavy atom. The van der Waals surface area contributed by atoms with E-state index in [2.05, 4.69) is 34.6 Å². The van der Waals surface area contributed by atoms with Gasteiger partial charge in [0, 0.05) is 25.7 Å². The number of hydrogen-bond donors (Lipinski definition) is 3. The number of aliphatic hydroxyl groups excluding tert-OH is 1. The highest BCUT2D eigenvalue weighted by atomic mass is 31.2. The van der Waals surface area contributed by atoms with Crippen LogP contribution in [0.1, 0.15) is 356 Å². The molecule has 0 aliphatic rings. The maximum atomic E-state index is 13.0. The first-order chi connectivity index (χ1) is 42.5. The molecule has 0 fully saturated rings. The third-order valence-corrected chi connectivity index (χ3v) is 17.9. The minimum atomic E-state index is -4.95. The van der Waals surface area contributed by atoms with E-state index < -0.39 is 97.5 Å². The van der Waals surface area contributed by atoms with Crippen molar-refractivity contribution in [3.05, 3.63) is 0 Å². The van der Waals surface area contributed by atoms with Gasteiger partial charge in [-0.15, -0.1) is 0 Å². The summed E-state index contributed by atoms with van der Waals surface area (Å²) in [5, 5.41) is 10.6. The van der Waals surface area contributed by atoms with Crippen LogP contribution in [0.25, 0.3) is 0 Å². The van der Waals surface area contributed by atoms with Crippen molar-refractivity contribution in [2.45, 2.75) is 374 Å².